The Kier molecular flexibility index (Phi) is 4.78. The molecule has 0 aliphatic heterocycles. The van der Waals surface area contributed by atoms with Crippen molar-refractivity contribution < 1.29 is 19.1 Å². The molecular formula is C17H20O4. The van der Waals surface area contributed by atoms with E-state index in [1.807, 2.05) is 6.07 Å². The Hall–Kier alpha value is -2.10. The predicted molar refractivity (Wildman–Crippen MR) is 78.6 cm³/mol. The van der Waals surface area contributed by atoms with Crippen molar-refractivity contribution in [1.82, 2.24) is 0 Å². The minimum atomic E-state index is -1.15. The maximum Gasteiger partial charge on any atom is 0.341 e. The second kappa shape index (κ2) is 6.57. The van der Waals surface area contributed by atoms with Gasteiger partial charge in [0.25, 0.3) is 5.79 Å². The van der Waals surface area contributed by atoms with Crippen LogP contribution in [0.3, 0.4) is 0 Å². The monoisotopic (exact) mass is 288 g/mol. The summed E-state index contributed by atoms with van der Waals surface area (Å²) in [6.45, 7) is 5.16. The predicted octanol–water partition coefficient (Wildman–Crippen LogP) is 3.62. The minimum Gasteiger partial charge on any atom is -0.419 e. The van der Waals surface area contributed by atoms with E-state index in [4.69, 9.17) is 9.47 Å². The minimum absolute atomic E-state index is 0.302. The number of hydrogen-bond acceptors (Lipinski definition) is 4. The quantitative estimate of drug-likeness (QED) is 0.482. The van der Waals surface area contributed by atoms with Crippen molar-refractivity contribution >= 4 is 11.9 Å². The topological polar surface area (TPSA) is 52.6 Å². The lowest BCUT2D eigenvalue weighted by Crippen LogP contribution is -2.42. The largest absolute Gasteiger partial charge is 0.419 e. The number of esters is 2. The first kappa shape index (κ1) is 15.3. The fourth-order valence-corrected chi connectivity index (χ4v) is 2.37. The van der Waals surface area contributed by atoms with Crippen molar-refractivity contribution in [2.45, 2.75) is 44.8 Å². The third-order valence-electron chi connectivity index (χ3n) is 3.53. The van der Waals surface area contributed by atoms with Crippen LogP contribution in [0.25, 0.3) is 0 Å². The lowest BCUT2D eigenvalue weighted by Gasteiger charge is -2.35. The molecule has 0 saturated heterocycles. The average molecular weight is 288 g/mol. The van der Waals surface area contributed by atoms with Gasteiger partial charge < -0.3 is 9.47 Å². The van der Waals surface area contributed by atoms with Gasteiger partial charge in [-0.25, -0.2) is 9.59 Å². The highest BCUT2D eigenvalue weighted by molar-refractivity contribution is 5.90. The van der Waals surface area contributed by atoms with Crippen LogP contribution in [0.4, 0.5) is 0 Å². The molecule has 4 nitrogen and oxygen atoms in total. The maximum absolute atomic E-state index is 12.2. The van der Waals surface area contributed by atoms with Gasteiger partial charge in [-0.1, -0.05) is 31.2 Å². The van der Waals surface area contributed by atoms with Crippen LogP contribution < -0.4 is 0 Å². The summed E-state index contributed by atoms with van der Waals surface area (Å²) < 4.78 is 11.0. The van der Waals surface area contributed by atoms with E-state index in [1.54, 1.807) is 31.2 Å². The Morgan fingerprint density at radius 1 is 1.05 bits per heavy atom. The molecule has 0 atom stereocenters. The number of rotatable bonds is 4. The molecule has 1 aromatic carbocycles. The molecule has 21 heavy (non-hydrogen) atoms. The standard InChI is InChI=1S/C17H20O4/c1-13(2)15(18)20-17(11-7-4-8-12-17)21-16(19)14-9-5-3-6-10-14/h3,5-6,9-10H,1,4,7-8,11-12H2,2H3. The molecular weight excluding hydrogens is 268 g/mol. The normalized spacial score (nSPS) is 16.8. The van der Waals surface area contributed by atoms with Gasteiger partial charge in [0.2, 0.25) is 0 Å². The molecule has 0 spiro atoms. The van der Waals surface area contributed by atoms with E-state index in [0.717, 1.165) is 19.3 Å². The highest BCUT2D eigenvalue weighted by Gasteiger charge is 2.40. The van der Waals surface area contributed by atoms with Gasteiger partial charge in [0.15, 0.2) is 0 Å². The van der Waals surface area contributed by atoms with Crippen LogP contribution >= 0.6 is 0 Å². The third kappa shape index (κ3) is 3.94. The molecule has 0 unspecified atom stereocenters. The van der Waals surface area contributed by atoms with Gasteiger partial charge in [-0.05, 0) is 31.9 Å². The zero-order chi connectivity index (χ0) is 15.3. The Labute approximate surface area is 124 Å². The maximum atomic E-state index is 12.2. The zero-order valence-electron chi connectivity index (χ0n) is 12.3. The molecule has 0 bridgehead atoms. The summed E-state index contributed by atoms with van der Waals surface area (Å²) in [6.07, 6.45) is 3.85. The van der Waals surface area contributed by atoms with Gasteiger partial charge in [0, 0.05) is 18.4 Å². The Morgan fingerprint density at radius 3 is 2.24 bits per heavy atom. The number of benzene rings is 1. The van der Waals surface area contributed by atoms with E-state index in [-0.39, 0.29) is 0 Å². The summed E-state index contributed by atoms with van der Waals surface area (Å²) in [6, 6.07) is 8.72. The van der Waals surface area contributed by atoms with Crippen LogP contribution in [-0.2, 0) is 14.3 Å². The van der Waals surface area contributed by atoms with E-state index in [1.165, 1.54) is 0 Å². The van der Waals surface area contributed by atoms with Crippen molar-refractivity contribution in [2.75, 3.05) is 0 Å². The first-order chi connectivity index (χ1) is 10.0. The summed E-state index contributed by atoms with van der Waals surface area (Å²) in [5.41, 5.74) is 0.754. The van der Waals surface area contributed by atoms with Gasteiger partial charge in [-0.3, -0.25) is 0 Å². The van der Waals surface area contributed by atoms with E-state index in [2.05, 4.69) is 6.58 Å². The number of carbonyl (C=O) groups is 2. The molecule has 1 aliphatic rings. The summed E-state index contributed by atoms with van der Waals surface area (Å²) in [4.78, 5) is 24.1. The lowest BCUT2D eigenvalue weighted by atomic mass is 9.94. The van der Waals surface area contributed by atoms with Crippen molar-refractivity contribution in [1.29, 1.82) is 0 Å². The van der Waals surface area contributed by atoms with E-state index in [9.17, 15) is 9.59 Å². The number of carbonyl (C=O) groups excluding carboxylic acids is 2. The van der Waals surface area contributed by atoms with E-state index >= 15 is 0 Å². The van der Waals surface area contributed by atoms with Crippen molar-refractivity contribution in [3.05, 3.63) is 48.0 Å². The number of hydrogen-bond donors (Lipinski definition) is 0. The van der Waals surface area contributed by atoms with E-state index in [0.29, 0.717) is 24.0 Å². The smallest absolute Gasteiger partial charge is 0.341 e. The summed E-state index contributed by atoms with van der Waals surface area (Å²) in [5.74, 6) is -2.13. The van der Waals surface area contributed by atoms with Gasteiger partial charge in [0.05, 0.1) is 5.56 Å². The lowest BCUT2D eigenvalue weighted by molar-refractivity contribution is -0.216. The molecule has 0 heterocycles. The molecule has 0 amide bonds. The van der Waals surface area contributed by atoms with Crippen LogP contribution in [0.1, 0.15) is 49.4 Å². The van der Waals surface area contributed by atoms with Gasteiger partial charge in [0.1, 0.15) is 0 Å². The first-order valence-electron chi connectivity index (χ1n) is 7.20. The van der Waals surface area contributed by atoms with Gasteiger partial charge in [-0.15, -0.1) is 0 Å². The highest BCUT2D eigenvalue weighted by atomic mass is 16.7. The van der Waals surface area contributed by atoms with Crippen LogP contribution in [0, 0.1) is 0 Å². The second-order valence-corrected chi connectivity index (χ2v) is 5.40. The molecule has 0 radical (unpaired) electrons. The fraction of sp³-hybridized carbons (Fsp3) is 0.412. The molecule has 2 rings (SSSR count). The summed E-state index contributed by atoms with van der Waals surface area (Å²) >= 11 is 0. The van der Waals surface area contributed by atoms with Crippen molar-refractivity contribution in [3.8, 4) is 0 Å². The molecule has 112 valence electrons. The highest BCUT2D eigenvalue weighted by Crippen LogP contribution is 2.34. The zero-order valence-corrected chi connectivity index (χ0v) is 12.3. The first-order valence-corrected chi connectivity index (χ1v) is 7.20. The van der Waals surface area contributed by atoms with Gasteiger partial charge >= 0.3 is 11.9 Å². The molecule has 1 fully saturated rings. The molecule has 4 heteroatoms. The molecule has 0 aromatic heterocycles. The molecule has 1 aliphatic carbocycles. The summed E-state index contributed by atoms with van der Waals surface area (Å²) in [7, 11) is 0. The fourth-order valence-electron chi connectivity index (χ4n) is 2.37. The van der Waals surface area contributed by atoms with Crippen molar-refractivity contribution in [2.24, 2.45) is 0 Å². The molecule has 1 saturated carbocycles. The Bertz CT molecular complexity index is 527. The van der Waals surface area contributed by atoms with E-state index < -0.39 is 17.7 Å². The average Bonchev–Trinajstić information content (AvgIpc) is 2.48. The Morgan fingerprint density at radius 2 is 1.67 bits per heavy atom. The van der Waals surface area contributed by atoms with Crippen LogP contribution in [0.2, 0.25) is 0 Å². The van der Waals surface area contributed by atoms with Crippen LogP contribution in [0.15, 0.2) is 42.5 Å². The van der Waals surface area contributed by atoms with Crippen LogP contribution in [0.5, 0.6) is 0 Å². The SMILES string of the molecule is C=C(C)C(=O)OC1(OC(=O)c2ccccc2)CCCCC1. The van der Waals surface area contributed by atoms with Gasteiger partial charge in [-0.2, -0.15) is 0 Å². The van der Waals surface area contributed by atoms with Crippen LogP contribution in [-0.4, -0.2) is 17.7 Å². The second-order valence-electron chi connectivity index (χ2n) is 5.40. The Balaban J connectivity index is 2.14. The summed E-state index contributed by atoms with van der Waals surface area (Å²) in [5, 5.41) is 0. The third-order valence-corrected chi connectivity index (χ3v) is 3.53. The molecule has 1 aromatic rings. The van der Waals surface area contributed by atoms with Crippen molar-refractivity contribution in [3.63, 3.8) is 0 Å². The molecule has 0 N–H and O–H groups in total. The number of ether oxygens (including phenoxy) is 2.